The van der Waals surface area contributed by atoms with Crippen LogP contribution in [0.4, 0.5) is 0 Å². The number of hydrogen-bond donors (Lipinski definition) is 0. The second kappa shape index (κ2) is 2.46. The molecular weight excluding hydrogens is 136 g/mol. The van der Waals surface area contributed by atoms with Crippen molar-refractivity contribution in [3.63, 3.8) is 0 Å². The van der Waals surface area contributed by atoms with Crippen LogP contribution < -0.4 is 0 Å². The number of quaternary nitrogens is 1. The highest BCUT2D eigenvalue weighted by Crippen LogP contribution is 2.23. The van der Waals surface area contributed by atoms with Crippen LogP contribution in [0.2, 0.25) is 0 Å². The van der Waals surface area contributed by atoms with Gasteiger partial charge in [0.1, 0.15) is 0 Å². The lowest BCUT2D eigenvalue weighted by molar-refractivity contribution is -0.910. The SMILES string of the molecule is CN1CC[N+]2(C)CCC1CC2. The molecule has 0 unspecified atom stereocenters. The Hall–Kier alpha value is -0.0800. The van der Waals surface area contributed by atoms with E-state index in [1.165, 1.54) is 43.5 Å². The van der Waals surface area contributed by atoms with Gasteiger partial charge in [-0.1, -0.05) is 0 Å². The van der Waals surface area contributed by atoms with Crippen molar-refractivity contribution < 1.29 is 4.48 Å². The Morgan fingerprint density at radius 1 is 1.18 bits per heavy atom. The Balaban J connectivity index is 2.14. The van der Waals surface area contributed by atoms with Gasteiger partial charge in [0.2, 0.25) is 0 Å². The van der Waals surface area contributed by atoms with Gasteiger partial charge in [0, 0.05) is 25.4 Å². The van der Waals surface area contributed by atoms with E-state index in [4.69, 9.17) is 0 Å². The van der Waals surface area contributed by atoms with Gasteiger partial charge in [-0.15, -0.1) is 0 Å². The van der Waals surface area contributed by atoms with Crippen LogP contribution in [-0.4, -0.2) is 55.7 Å². The second-order valence-electron chi connectivity index (χ2n) is 4.50. The van der Waals surface area contributed by atoms with Crippen molar-refractivity contribution in [2.45, 2.75) is 18.9 Å². The summed E-state index contributed by atoms with van der Waals surface area (Å²) >= 11 is 0. The molecule has 3 aliphatic heterocycles. The third-order valence-electron chi connectivity index (χ3n) is 3.62. The second-order valence-corrected chi connectivity index (χ2v) is 4.50. The van der Waals surface area contributed by atoms with Crippen molar-refractivity contribution in [3.05, 3.63) is 0 Å². The zero-order valence-corrected chi connectivity index (χ0v) is 7.71. The first-order chi connectivity index (χ1) is 5.20. The molecule has 11 heavy (non-hydrogen) atoms. The molecule has 0 aliphatic carbocycles. The van der Waals surface area contributed by atoms with Crippen LogP contribution in [0, 0.1) is 0 Å². The molecule has 3 aliphatic rings. The molecule has 0 aromatic heterocycles. The van der Waals surface area contributed by atoms with Crippen molar-refractivity contribution in [3.8, 4) is 0 Å². The summed E-state index contributed by atoms with van der Waals surface area (Å²) in [7, 11) is 4.70. The van der Waals surface area contributed by atoms with Crippen LogP contribution >= 0.6 is 0 Å². The van der Waals surface area contributed by atoms with Crippen LogP contribution in [0.5, 0.6) is 0 Å². The molecule has 2 bridgehead atoms. The fraction of sp³-hybridized carbons (Fsp3) is 1.00. The molecular formula is C9H19N2+. The zero-order valence-electron chi connectivity index (χ0n) is 7.71. The average Bonchev–Trinajstić information content (AvgIpc) is 2.21. The van der Waals surface area contributed by atoms with Crippen LogP contribution in [-0.2, 0) is 0 Å². The van der Waals surface area contributed by atoms with Crippen LogP contribution in [0.1, 0.15) is 12.8 Å². The van der Waals surface area contributed by atoms with Crippen molar-refractivity contribution in [1.82, 2.24) is 4.90 Å². The van der Waals surface area contributed by atoms with Crippen LogP contribution in [0.3, 0.4) is 0 Å². The van der Waals surface area contributed by atoms with Gasteiger partial charge >= 0.3 is 0 Å². The van der Waals surface area contributed by atoms with E-state index in [-0.39, 0.29) is 0 Å². The van der Waals surface area contributed by atoms with Gasteiger partial charge in [-0.25, -0.2) is 0 Å². The van der Waals surface area contributed by atoms with E-state index in [1.54, 1.807) is 0 Å². The van der Waals surface area contributed by atoms with Crippen molar-refractivity contribution >= 4 is 0 Å². The van der Waals surface area contributed by atoms with Crippen molar-refractivity contribution in [2.75, 3.05) is 40.3 Å². The normalized spacial score (nSPS) is 45.8. The molecule has 3 rings (SSSR count). The third kappa shape index (κ3) is 1.30. The summed E-state index contributed by atoms with van der Waals surface area (Å²) < 4.78 is 1.33. The Bertz CT molecular complexity index is 148. The summed E-state index contributed by atoms with van der Waals surface area (Å²) in [6.45, 7) is 5.50. The minimum atomic E-state index is 0.906. The van der Waals surface area contributed by atoms with E-state index < -0.39 is 0 Å². The molecule has 0 aromatic carbocycles. The molecule has 0 aromatic rings. The van der Waals surface area contributed by atoms with E-state index >= 15 is 0 Å². The molecule has 2 nitrogen and oxygen atoms in total. The first kappa shape index (κ1) is 7.56. The Labute approximate surface area is 69.4 Å². The summed E-state index contributed by atoms with van der Waals surface area (Å²) in [5.74, 6) is 0. The average molecular weight is 155 g/mol. The first-order valence-electron chi connectivity index (χ1n) is 4.73. The molecule has 0 amide bonds. The molecule has 3 saturated heterocycles. The van der Waals surface area contributed by atoms with Gasteiger partial charge < -0.3 is 4.48 Å². The highest BCUT2D eigenvalue weighted by Gasteiger charge is 2.35. The maximum atomic E-state index is 2.55. The maximum Gasteiger partial charge on any atom is 0.0913 e. The van der Waals surface area contributed by atoms with E-state index in [0.717, 1.165) is 6.04 Å². The lowest BCUT2D eigenvalue weighted by atomic mass is 10.0. The molecule has 0 spiro atoms. The molecule has 2 heteroatoms. The summed E-state index contributed by atoms with van der Waals surface area (Å²) in [5.41, 5.74) is 0. The standard InChI is InChI=1S/C9H19N2/c1-10-5-8-11(2)6-3-9(10)4-7-11/h9H,3-8H2,1-2H3/q+1. The van der Waals surface area contributed by atoms with Crippen molar-refractivity contribution in [1.29, 1.82) is 0 Å². The van der Waals surface area contributed by atoms with E-state index in [0.29, 0.717) is 0 Å². The highest BCUT2D eigenvalue weighted by molar-refractivity contribution is 4.76. The number of likely N-dealkylation sites (N-methyl/N-ethyl adjacent to an activating group) is 2. The highest BCUT2D eigenvalue weighted by atomic mass is 15.4. The molecule has 64 valence electrons. The summed E-state index contributed by atoms with van der Waals surface area (Å²) in [6.07, 6.45) is 2.85. The predicted molar refractivity (Wildman–Crippen MR) is 46.4 cm³/mol. The maximum absolute atomic E-state index is 2.55. The monoisotopic (exact) mass is 155 g/mol. The van der Waals surface area contributed by atoms with Crippen LogP contribution in [0.25, 0.3) is 0 Å². The molecule has 3 heterocycles. The van der Waals surface area contributed by atoms with Gasteiger partial charge in [-0.2, -0.15) is 0 Å². The lowest BCUT2D eigenvalue weighted by Crippen LogP contribution is -2.49. The fourth-order valence-electron chi connectivity index (χ4n) is 2.42. The van der Waals surface area contributed by atoms with Crippen LogP contribution in [0.15, 0.2) is 0 Å². The molecule has 0 saturated carbocycles. The molecule has 3 fully saturated rings. The number of piperidine rings is 1. The summed E-state index contributed by atoms with van der Waals surface area (Å²) in [5, 5.41) is 0. The van der Waals surface area contributed by atoms with E-state index in [9.17, 15) is 0 Å². The van der Waals surface area contributed by atoms with Gasteiger partial charge in [0.25, 0.3) is 0 Å². The molecule has 0 N–H and O–H groups in total. The van der Waals surface area contributed by atoms with Gasteiger partial charge in [-0.05, 0) is 7.05 Å². The Kier molecular flexibility index (Phi) is 1.69. The quantitative estimate of drug-likeness (QED) is 0.462. The van der Waals surface area contributed by atoms with Gasteiger partial charge in [0.05, 0.1) is 26.7 Å². The number of fused-ring (bicyclic) bond motifs is 4. The van der Waals surface area contributed by atoms with E-state index in [2.05, 4.69) is 19.0 Å². The number of rotatable bonds is 0. The Morgan fingerprint density at radius 3 is 2.45 bits per heavy atom. The summed E-state index contributed by atoms with van der Waals surface area (Å²) in [4.78, 5) is 2.55. The smallest absolute Gasteiger partial charge is 0.0913 e. The van der Waals surface area contributed by atoms with E-state index in [1.807, 2.05) is 0 Å². The van der Waals surface area contributed by atoms with Gasteiger partial charge in [0.15, 0.2) is 0 Å². The first-order valence-corrected chi connectivity index (χ1v) is 4.73. The Morgan fingerprint density at radius 2 is 1.82 bits per heavy atom. The number of hydrogen-bond acceptors (Lipinski definition) is 1. The third-order valence-corrected chi connectivity index (χ3v) is 3.62. The minimum absolute atomic E-state index is 0.906. The molecule has 0 atom stereocenters. The number of nitrogens with zero attached hydrogens (tertiary/aromatic N) is 2. The lowest BCUT2D eigenvalue weighted by Gasteiger charge is -2.36. The summed E-state index contributed by atoms with van der Waals surface area (Å²) in [6, 6.07) is 0.906. The zero-order chi connectivity index (χ0) is 7.90. The minimum Gasteiger partial charge on any atom is -0.325 e. The fourth-order valence-corrected chi connectivity index (χ4v) is 2.42. The van der Waals surface area contributed by atoms with Gasteiger partial charge in [-0.3, -0.25) is 4.90 Å². The predicted octanol–water partition coefficient (Wildman–Crippen LogP) is 0.541. The largest absolute Gasteiger partial charge is 0.325 e. The topological polar surface area (TPSA) is 3.24 Å². The molecule has 0 radical (unpaired) electrons. The van der Waals surface area contributed by atoms with Crippen molar-refractivity contribution in [2.24, 2.45) is 0 Å².